The molecule has 2 aromatic heterocycles. The van der Waals surface area contributed by atoms with Crippen LogP contribution in [-0.4, -0.2) is 62.4 Å². The van der Waals surface area contributed by atoms with Crippen molar-refractivity contribution in [3.63, 3.8) is 0 Å². The van der Waals surface area contributed by atoms with Crippen LogP contribution >= 0.6 is 0 Å². The van der Waals surface area contributed by atoms with E-state index >= 15 is 0 Å². The zero-order chi connectivity index (χ0) is 27.1. The number of amides is 2. The van der Waals surface area contributed by atoms with Gasteiger partial charge in [0.1, 0.15) is 23.3 Å². The number of imidazole rings is 1. The number of carbonyl (C=O) groups excluding carboxylic acids is 3. The van der Waals surface area contributed by atoms with Gasteiger partial charge >= 0.3 is 18.2 Å². The molecule has 0 unspecified atom stereocenters. The van der Waals surface area contributed by atoms with Crippen LogP contribution in [0.25, 0.3) is 11.4 Å². The summed E-state index contributed by atoms with van der Waals surface area (Å²) in [6.45, 7) is 12.2. The number of hydrogen-bond donors (Lipinski definition) is 0. The van der Waals surface area contributed by atoms with Gasteiger partial charge in [-0.15, -0.1) is 0 Å². The van der Waals surface area contributed by atoms with Crippen LogP contribution in [0, 0.1) is 6.92 Å². The van der Waals surface area contributed by atoms with Crippen LogP contribution in [0.1, 0.15) is 65.8 Å². The molecule has 2 amide bonds. The fraction of sp³-hybridized carbons (Fsp3) is 0.500. The maximum Gasteiger partial charge on any atom is 0.419 e. The smallest absolute Gasteiger partial charge is 0.419 e. The maximum atomic E-state index is 12.6. The van der Waals surface area contributed by atoms with E-state index in [0.29, 0.717) is 24.4 Å². The zero-order valence-corrected chi connectivity index (χ0v) is 22.3. The highest BCUT2D eigenvalue weighted by molar-refractivity contribution is 6.15. The minimum atomic E-state index is -0.793. The van der Waals surface area contributed by atoms with Crippen LogP contribution < -0.4 is 0 Å². The second kappa shape index (κ2) is 11.8. The van der Waals surface area contributed by atoms with Crippen molar-refractivity contribution in [2.75, 3.05) is 13.7 Å². The van der Waals surface area contributed by atoms with E-state index in [0.717, 1.165) is 10.6 Å². The fourth-order valence-corrected chi connectivity index (χ4v) is 3.05. The number of methoxy groups -OCH3 is 1. The van der Waals surface area contributed by atoms with E-state index in [2.05, 4.69) is 9.97 Å². The lowest BCUT2D eigenvalue weighted by atomic mass is 10.1. The normalized spacial score (nSPS) is 12.2. The molecule has 0 spiro atoms. The molecule has 10 nitrogen and oxygen atoms in total. The number of ether oxygens (including phenoxy) is 3. The lowest BCUT2D eigenvalue weighted by Crippen LogP contribution is -2.44. The third-order valence-electron chi connectivity index (χ3n) is 4.56. The van der Waals surface area contributed by atoms with Gasteiger partial charge in [-0.1, -0.05) is 12.1 Å². The van der Waals surface area contributed by atoms with Gasteiger partial charge in [-0.2, -0.15) is 0 Å². The summed E-state index contributed by atoms with van der Waals surface area (Å²) in [5, 5.41) is 0. The first kappa shape index (κ1) is 28.5. The predicted octanol–water partition coefficient (Wildman–Crippen LogP) is 5.08. The molecular weight excluding hydrogens is 464 g/mol. The molecule has 2 rings (SSSR count). The van der Waals surface area contributed by atoms with E-state index in [9.17, 15) is 14.4 Å². The summed E-state index contributed by atoms with van der Waals surface area (Å²) in [6, 6.07) is 5.61. The van der Waals surface area contributed by atoms with Crippen LogP contribution in [0.3, 0.4) is 0 Å². The second-order valence-corrected chi connectivity index (χ2v) is 10.2. The first-order chi connectivity index (χ1) is 16.7. The molecule has 0 aliphatic carbocycles. The molecule has 0 aliphatic rings. The van der Waals surface area contributed by atoms with E-state index in [1.54, 1.807) is 64.7 Å². The SMILES string of the molecule is COC(=O)/C(=C\CCCN(C(=O)OC(C)(C)C)C(=O)OC(C)(C)C)c1cn(-c2cccc(C)n2)cn1. The monoisotopic (exact) mass is 500 g/mol. The second-order valence-electron chi connectivity index (χ2n) is 10.2. The Morgan fingerprint density at radius 3 is 2.17 bits per heavy atom. The Bertz CT molecular complexity index is 1080. The van der Waals surface area contributed by atoms with Gasteiger partial charge in [-0.25, -0.2) is 29.3 Å². The van der Waals surface area contributed by atoms with Gasteiger partial charge in [0, 0.05) is 18.4 Å². The van der Waals surface area contributed by atoms with Crippen molar-refractivity contribution in [1.29, 1.82) is 0 Å². The van der Waals surface area contributed by atoms with Crippen molar-refractivity contribution in [3.05, 3.63) is 48.2 Å². The van der Waals surface area contributed by atoms with Crippen molar-refractivity contribution in [1.82, 2.24) is 19.4 Å². The number of aromatic nitrogens is 3. The van der Waals surface area contributed by atoms with Crippen LogP contribution in [0.4, 0.5) is 9.59 Å². The number of hydrogen-bond acceptors (Lipinski definition) is 8. The largest absolute Gasteiger partial charge is 0.465 e. The van der Waals surface area contributed by atoms with Crippen LogP contribution in [-0.2, 0) is 19.0 Å². The molecule has 0 radical (unpaired) electrons. The van der Waals surface area contributed by atoms with Gasteiger partial charge < -0.3 is 14.2 Å². The standard InChI is InChI=1S/C26H36N4O6/c1-18-12-11-14-21(28-18)29-16-20(27-17-29)19(22(31)34-8)13-9-10-15-30(23(32)35-25(2,3)4)24(33)36-26(5,6)7/h11-14,16-17H,9-10,15H2,1-8H3/b19-13-. The minimum Gasteiger partial charge on any atom is -0.465 e. The Labute approximate surface area is 212 Å². The predicted molar refractivity (Wildman–Crippen MR) is 134 cm³/mol. The molecule has 0 bridgehead atoms. The van der Waals surface area contributed by atoms with Gasteiger partial charge in [0.05, 0.1) is 18.4 Å². The van der Waals surface area contributed by atoms with Crippen LogP contribution in [0.2, 0.25) is 0 Å². The molecule has 0 saturated carbocycles. The number of pyridine rings is 1. The van der Waals surface area contributed by atoms with Gasteiger partial charge in [-0.3, -0.25) is 4.57 Å². The first-order valence-electron chi connectivity index (χ1n) is 11.7. The molecule has 2 aromatic rings. The number of allylic oxidation sites excluding steroid dienone is 1. The Kier molecular flexibility index (Phi) is 9.38. The maximum absolute atomic E-state index is 12.6. The van der Waals surface area contributed by atoms with Crippen molar-refractivity contribution < 1.29 is 28.6 Å². The highest BCUT2D eigenvalue weighted by Gasteiger charge is 2.30. The van der Waals surface area contributed by atoms with Gasteiger partial charge in [0.25, 0.3) is 0 Å². The Hall–Kier alpha value is -3.69. The van der Waals surface area contributed by atoms with E-state index < -0.39 is 29.4 Å². The lowest BCUT2D eigenvalue weighted by Gasteiger charge is -2.28. The number of esters is 1. The summed E-state index contributed by atoms with van der Waals surface area (Å²) in [5.41, 5.74) is -0.0158. The molecule has 36 heavy (non-hydrogen) atoms. The van der Waals surface area contributed by atoms with Crippen molar-refractivity contribution in [2.24, 2.45) is 0 Å². The van der Waals surface area contributed by atoms with E-state index in [-0.39, 0.29) is 12.1 Å². The number of imide groups is 1. The molecule has 10 heteroatoms. The zero-order valence-electron chi connectivity index (χ0n) is 22.3. The van der Waals surface area contributed by atoms with Gasteiger partial charge in [0.15, 0.2) is 0 Å². The van der Waals surface area contributed by atoms with E-state index in [1.807, 2.05) is 25.1 Å². The summed E-state index contributed by atoms with van der Waals surface area (Å²) < 4.78 is 17.4. The summed E-state index contributed by atoms with van der Waals surface area (Å²) >= 11 is 0. The Morgan fingerprint density at radius 1 is 1.03 bits per heavy atom. The summed E-state index contributed by atoms with van der Waals surface area (Å²) in [4.78, 5) is 47.5. The van der Waals surface area contributed by atoms with Crippen LogP contribution in [0.5, 0.6) is 0 Å². The quantitative estimate of drug-likeness (QED) is 0.224. The highest BCUT2D eigenvalue weighted by atomic mass is 16.6. The molecule has 2 heterocycles. The van der Waals surface area contributed by atoms with Gasteiger partial charge in [0.2, 0.25) is 0 Å². The number of unbranched alkanes of at least 4 members (excludes halogenated alkanes) is 1. The topological polar surface area (TPSA) is 113 Å². The molecule has 0 aliphatic heterocycles. The third kappa shape index (κ3) is 8.83. The average Bonchev–Trinajstić information content (AvgIpc) is 3.23. The fourth-order valence-electron chi connectivity index (χ4n) is 3.05. The summed E-state index contributed by atoms with van der Waals surface area (Å²) in [6.07, 6.45) is 4.07. The number of aryl methyl sites for hydroxylation is 1. The number of nitrogens with zero attached hydrogens (tertiary/aromatic N) is 4. The molecule has 0 N–H and O–H groups in total. The van der Waals surface area contributed by atoms with Crippen molar-refractivity contribution in [2.45, 2.75) is 72.5 Å². The summed E-state index contributed by atoms with van der Waals surface area (Å²) in [7, 11) is 1.29. The van der Waals surface area contributed by atoms with Crippen molar-refractivity contribution >= 4 is 23.7 Å². The molecule has 196 valence electrons. The van der Waals surface area contributed by atoms with E-state index in [1.165, 1.54) is 7.11 Å². The molecule has 0 saturated heterocycles. The average molecular weight is 501 g/mol. The molecule has 0 atom stereocenters. The number of carbonyl (C=O) groups is 3. The highest BCUT2D eigenvalue weighted by Crippen LogP contribution is 2.19. The lowest BCUT2D eigenvalue weighted by molar-refractivity contribution is -0.133. The van der Waals surface area contributed by atoms with Gasteiger partial charge in [-0.05, 0) is 73.4 Å². The first-order valence-corrected chi connectivity index (χ1v) is 11.7. The Morgan fingerprint density at radius 2 is 1.64 bits per heavy atom. The van der Waals surface area contributed by atoms with Crippen LogP contribution in [0.15, 0.2) is 36.8 Å². The minimum absolute atomic E-state index is 0.0381. The molecule has 0 fully saturated rings. The Balaban J connectivity index is 2.18. The van der Waals surface area contributed by atoms with Crippen molar-refractivity contribution in [3.8, 4) is 5.82 Å². The number of rotatable bonds is 7. The summed E-state index contributed by atoms with van der Waals surface area (Å²) in [5.74, 6) is 0.122. The van der Waals surface area contributed by atoms with E-state index in [4.69, 9.17) is 14.2 Å². The third-order valence-corrected chi connectivity index (χ3v) is 4.56. The molecule has 0 aromatic carbocycles. The molecular formula is C26H36N4O6.